The van der Waals surface area contributed by atoms with Crippen LogP contribution in [0.4, 0.5) is 0 Å². The van der Waals surface area contributed by atoms with Crippen molar-refractivity contribution < 1.29 is 4.52 Å². The molecule has 0 saturated heterocycles. The third-order valence-corrected chi connectivity index (χ3v) is 3.66. The van der Waals surface area contributed by atoms with Crippen LogP contribution in [0, 0.1) is 3.57 Å². The lowest BCUT2D eigenvalue weighted by Crippen LogP contribution is -2.22. The van der Waals surface area contributed by atoms with E-state index >= 15 is 0 Å². The largest absolute Gasteiger partial charge is 0.334 e. The molecule has 0 radical (unpaired) electrons. The molecule has 6 heteroatoms. The van der Waals surface area contributed by atoms with Crippen molar-refractivity contribution in [2.24, 2.45) is 0 Å². The molecule has 0 amide bonds. The first-order valence-corrected chi connectivity index (χ1v) is 7.45. The van der Waals surface area contributed by atoms with Gasteiger partial charge in [-0.2, -0.15) is 4.98 Å². The summed E-state index contributed by atoms with van der Waals surface area (Å²) in [6.45, 7) is 4.77. The molecular formula is C12H13BrIN3O. The van der Waals surface area contributed by atoms with E-state index in [9.17, 15) is 0 Å². The lowest BCUT2D eigenvalue weighted by atomic mass is 10.2. The highest BCUT2D eigenvalue weighted by molar-refractivity contribution is 14.1. The van der Waals surface area contributed by atoms with Crippen molar-refractivity contribution in [3.05, 3.63) is 32.1 Å². The molecule has 0 atom stereocenters. The van der Waals surface area contributed by atoms with Crippen molar-refractivity contribution in [3.63, 3.8) is 0 Å². The van der Waals surface area contributed by atoms with Gasteiger partial charge in [0.1, 0.15) is 0 Å². The van der Waals surface area contributed by atoms with Crippen LogP contribution in [0.3, 0.4) is 0 Å². The predicted octanol–water partition coefficient (Wildman–Crippen LogP) is 3.60. The summed E-state index contributed by atoms with van der Waals surface area (Å²) in [6, 6.07) is 6.41. The molecule has 0 fully saturated rings. The van der Waals surface area contributed by atoms with E-state index in [-0.39, 0.29) is 0 Å². The molecule has 96 valence electrons. The zero-order chi connectivity index (χ0) is 13.1. The molecule has 2 aromatic rings. The Labute approximate surface area is 128 Å². The molecule has 1 N–H and O–H groups in total. The van der Waals surface area contributed by atoms with Gasteiger partial charge in [0, 0.05) is 14.1 Å². The van der Waals surface area contributed by atoms with Crippen LogP contribution in [0.1, 0.15) is 19.7 Å². The number of halogens is 2. The normalized spacial score (nSPS) is 11.2. The van der Waals surface area contributed by atoms with E-state index in [4.69, 9.17) is 4.52 Å². The Kier molecular flexibility index (Phi) is 4.74. The summed E-state index contributed by atoms with van der Waals surface area (Å²) < 4.78 is 7.37. The van der Waals surface area contributed by atoms with Crippen LogP contribution in [-0.4, -0.2) is 16.2 Å². The maximum Gasteiger partial charge on any atom is 0.259 e. The summed E-state index contributed by atoms with van der Waals surface area (Å²) in [4.78, 5) is 4.38. The summed E-state index contributed by atoms with van der Waals surface area (Å²) in [5.41, 5.74) is 0.921. The van der Waals surface area contributed by atoms with E-state index in [1.807, 2.05) is 18.2 Å². The van der Waals surface area contributed by atoms with Gasteiger partial charge in [0.2, 0.25) is 0 Å². The number of nitrogens with one attached hydrogen (secondary N) is 1. The van der Waals surface area contributed by atoms with Gasteiger partial charge in [-0.1, -0.05) is 19.0 Å². The number of hydrogen-bond donors (Lipinski definition) is 1. The lowest BCUT2D eigenvalue weighted by Gasteiger charge is -2.03. The summed E-state index contributed by atoms with van der Waals surface area (Å²) in [5.74, 6) is 1.21. The van der Waals surface area contributed by atoms with E-state index in [0.29, 0.717) is 24.3 Å². The first-order valence-electron chi connectivity index (χ1n) is 5.57. The quantitative estimate of drug-likeness (QED) is 0.766. The Morgan fingerprint density at radius 3 is 2.94 bits per heavy atom. The molecule has 4 nitrogen and oxygen atoms in total. The van der Waals surface area contributed by atoms with Crippen molar-refractivity contribution in [2.45, 2.75) is 26.4 Å². The predicted molar refractivity (Wildman–Crippen MR) is 82.1 cm³/mol. The first-order chi connectivity index (χ1) is 8.56. The Morgan fingerprint density at radius 2 is 2.22 bits per heavy atom. The van der Waals surface area contributed by atoms with E-state index in [1.54, 1.807) is 0 Å². The van der Waals surface area contributed by atoms with Crippen molar-refractivity contribution in [2.75, 3.05) is 0 Å². The minimum Gasteiger partial charge on any atom is -0.334 e. The van der Waals surface area contributed by atoms with Crippen LogP contribution in [0.15, 0.2) is 27.2 Å². The number of aromatic nitrogens is 2. The smallest absolute Gasteiger partial charge is 0.259 e. The van der Waals surface area contributed by atoms with E-state index in [1.165, 1.54) is 0 Å². The zero-order valence-electron chi connectivity index (χ0n) is 10.1. The van der Waals surface area contributed by atoms with Crippen LogP contribution in [-0.2, 0) is 6.54 Å². The van der Waals surface area contributed by atoms with Crippen LogP contribution in [0.2, 0.25) is 0 Å². The zero-order valence-corrected chi connectivity index (χ0v) is 13.8. The van der Waals surface area contributed by atoms with Crippen LogP contribution in [0.5, 0.6) is 0 Å². The van der Waals surface area contributed by atoms with Gasteiger partial charge in [-0.3, -0.25) is 0 Å². The molecule has 18 heavy (non-hydrogen) atoms. The fourth-order valence-corrected chi connectivity index (χ4v) is 2.30. The molecule has 0 unspecified atom stereocenters. The third-order valence-electron chi connectivity index (χ3n) is 2.30. The number of benzene rings is 1. The molecule has 0 aliphatic heterocycles. The van der Waals surface area contributed by atoms with E-state index in [0.717, 1.165) is 13.6 Å². The second-order valence-corrected chi connectivity index (χ2v) is 6.28. The molecule has 0 saturated carbocycles. The third kappa shape index (κ3) is 3.52. The van der Waals surface area contributed by atoms with Crippen molar-refractivity contribution in [1.29, 1.82) is 0 Å². The average Bonchev–Trinajstić information content (AvgIpc) is 2.78. The van der Waals surface area contributed by atoms with E-state index < -0.39 is 0 Å². The van der Waals surface area contributed by atoms with Crippen LogP contribution < -0.4 is 5.32 Å². The molecule has 2 rings (SSSR count). The second kappa shape index (κ2) is 6.12. The summed E-state index contributed by atoms with van der Waals surface area (Å²) in [5, 5.41) is 7.22. The monoisotopic (exact) mass is 421 g/mol. The van der Waals surface area contributed by atoms with Gasteiger partial charge in [-0.15, -0.1) is 0 Å². The van der Waals surface area contributed by atoms with Gasteiger partial charge in [0.15, 0.2) is 5.82 Å². The molecular weight excluding hydrogens is 409 g/mol. The average molecular weight is 422 g/mol. The van der Waals surface area contributed by atoms with E-state index in [2.05, 4.69) is 67.8 Å². The fourth-order valence-electron chi connectivity index (χ4n) is 1.39. The van der Waals surface area contributed by atoms with Crippen LogP contribution >= 0.6 is 38.5 Å². The highest BCUT2D eigenvalue weighted by Crippen LogP contribution is 2.28. The van der Waals surface area contributed by atoms with Gasteiger partial charge in [-0.05, 0) is 56.7 Å². The fraction of sp³-hybridized carbons (Fsp3) is 0.333. The Bertz CT molecular complexity index is 542. The second-order valence-electron chi connectivity index (χ2n) is 4.18. The van der Waals surface area contributed by atoms with Gasteiger partial charge in [-0.25, -0.2) is 0 Å². The highest BCUT2D eigenvalue weighted by atomic mass is 127. The summed E-state index contributed by atoms with van der Waals surface area (Å²) in [7, 11) is 0. The van der Waals surface area contributed by atoms with Gasteiger partial charge in [0.25, 0.3) is 5.89 Å². The molecule has 0 bridgehead atoms. The van der Waals surface area contributed by atoms with Crippen LogP contribution in [0.25, 0.3) is 11.5 Å². The molecule has 0 aliphatic rings. The number of hydrogen-bond acceptors (Lipinski definition) is 4. The van der Waals surface area contributed by atoms with Gasteiger partial charge in [0.05, 0.1) is 12.1 Å². The lowest BCUT2D eigenvalue weighted by molar-refractivity contribution is 0.417. The molecule has 1 aromatic heterocycles. The molecule has 1 aromatic carbocycles. The van der Waals surface area contributed by atoms with Crippen molar-refractivity contribution >= 4 is 38.5 Å². The minimum atomic E-state index is 0.399. The minimum absolute atomic E-state index is 0.399. The van der Waals surface area contributed by atoms with Crippen molar-refractivity contribution in [3.8, 4) is 11.5 Å². The maximum absolute atomic E-state index is 5.28. The molecule has 0 aliphatic carbocycles. The Hall–Kier alpha value is -0.470. The Balaban J connectivity index is 2.21. The first kappa shape index (κ1) is 14.0. The maximum atomic E-state index is 5.28. The summed E-state index contributed by atoms with van der Waals surface area (Å²) in [6.07, 6.45) is 0. The van der Waals surface area contributed by atoms with Gasteiger partial charge < -0.3 is 9.84 Å². The van der Waals surface area contributed by atoms with Crippen molar-refractivity contribution in [1.82, 2.24) is 15.5 Å². The molecule has 1 heterocycles. The SMILES string of the molecule is CC(C)NCc1noc(-c2cc(I)ccc2Br)n1. The summed E-state index contributed by atoms with van der Waals surface area (Å²) >= 11 is 5.75. The highest BCUT2D eigenvalue weighted by Gasteiger charge is 2.12. The topological polar surface area (TPSA) is 51.0 Å². The number of nitrogens with zero attached hydrogens (tertiary/aromatic N) is 2. The standard InChI is InChI=1S/C12H13BrIN3O/c1-7(2)15-6-11-16-12(18-17-11)9-5-8(14)3-4-10(9)13/h3-5,7,15H,6H2,1-2H3. The molecule has 0 spiro atoms. The Morgan fingerprint density at radius 1 is 1.44 bits per heavy atom. The van der Waals surface area contributed by atoms with Gasteiger partial charge >= 0.3 is 0 Å². The number of rotatable bonds is 4.